The molecule has 2 aromatic carbocycles. The maximum Gasteiger partial charge on any atom is 0.163 e. The van der Waals surface area contributed by atoms with E-state index in [1.165, 1.54) is 16.7 Å². The summed E-state index contributed by atoms with van der Waals surface area (Å²) in [5.74, 6) is 0. The van der Waals surface area contributed by atoms with Crippen LogP contribution in [0.2, 0.25) is 0 Å². The van der Waals surface area contributed by atoms with Gasteiger partial charge in [-0.15, -0.1) is 10.2 Å². The maximum atomic E-state index is 8.49. The molecule has 2 aromatic rings. The van der Waals surface area contributed by atoms with E-state index < -0.39 is 10.2 Å². The molecule has 0 amide bonds. The quantitative estimate of drug-likeness (QED) is 0.515. The molecular weight excluding hydrogens is 318 g/mol. The first kappa shape index (κ1) is 19.0. The zero-order valence-electron chi connectivity index (χ0n) is 12.9. The van der Waals surface area contributed by atoms with Gasteiger partial charge < -0.3 is 0 Å². The first-order valence-electron chi connectivity index (χ1n) is 6.71. The number of allylic oxidation sites excluding steroid dienone is 1. The minimum absolute atomic E-state index is 1.24. The summed E-state index contributed by atoms with van der Waals surface area (Å²) in [5.41, 5.74) is 3.72. The Hall–Kier alpha value is -2.02. The molecule has 0 aliphatic rings. The van der Waals surface area contributed by atoms with Crippen molar-refractivity contribution in [3.63, 3.8) is 0 Å². The molecule has 0 N–H and O–H groups in total. The molecule has 0 spiro atoms. The van der Waals surface area contributed by atoms with Gasteiger partial charge in [0, 0.05) is 6.08 Å². The summed E-state index contributed by atoms with van der Waals surface area (Å²) >= 11 is 0. The van der Waals surface area contributed by atoms with Gasteiger partial charge in [0.05, 0.1) is 0 Å². The first-order chi connectivity index (χ1) is 10.8. The standard InChI is InChI=1S/C17H18N.ClHO4/c1-18(2)14-13-17(15-9-5-3-6-10-15)16-11-7-4-8-12-16;2-1(3,4)5/h3-14H,1-2H3;(H,2,3,4,5)/q+1;/p-1. The minimum Gasteiger partial charge on any atom is -0.241 e. The van der Waals surface area contributed by atoms with Gasteiger partial charge in [-0.3, -0.25) is 0 Å². The molecule has 0 radical (unpaired) electrons. The fourth-order valence-corrected chi connectivity index (χ4v) is 1.82. The number of nitrogens with zero attached hydrogens (tertiary/aromatic N) is 1. The fourth-order valence-electron chi connectivity index (χ4n) is 1.82. The normalized spacial score (nSPS) is 10.2. The van der Waals surface area contributed by atoms with E-state index in [1.807, 2.05) is 30.8 Å². The number of hydrogen-bond acceptors (Lipinski definition) is 4. The van der Waals surface area contributed by atoms with Crippen LogP contribution in [0.15, 0.2) is 66.7 Å². The summed E-state index contributed by atoms with van der Waals surface area (Å²) in [7, 11) is -0.881. The van der Waals surface area contributed by atoms with E-state index in [9.17, 15) is 0 Å². The van der Waals surface area contributed by atoms with Crippen molar-refractivity contribution < 1.29 is 33.5 Å². The molecule has 0 atom stereocenters. The summed E-state index contributed by atoms with van der Waals surface area (Å²) in [6.07, 6.45) is 4.24. The van der Waals surface area contributed by atoms with Crippen LogP contribution in [0.1, 0.15) is 11.1 Å². The van der Waals surface area contributed by atoms with Crippen molar-refractivity contribution in [2.45, 2.75) is 0 Å². The van der Waals surface area contributed by atoms with Crippen molar-refractivity contribution >= 4 is 11.8 Å². The molecule has 0 aliphatic carbocycles. The Labute approximate surface area is 137 Å². The van der Waals surface area contributed by atoms with Gasteiger partial charge in [-0.05, 0) is 16.7 Å². The predicted molar refractivity (Wildman–Crippen MR) is 78.1 cm³/mol. The van der Waals surface area contributed by atoms with E-state index in [4.69, 9.17) is 18.6 Å². The lowest BCUT2D eigenvalue weighted by Crippen LogP contribution is -2.68. The maximum absolute atomic E-state index is 8.49. The topological polar surface area (TPSA) is 95.2 Å². The lowest BCUT2D eigenvalue weighted by molar-refractivity contribution is -2.00. The smallest absolute Gasteiger partial charge is 0.163 e. The lowest BCUT2D eigenvalue weighted by atomic mass is 9.98. The van der Waals surface area contributed by atoms with Crippen LogP contribution in [0, 0.1) is 10.2 Å². The number of hydrogen-bond donors (Lipinski definition) is 0. The minimum atomic E-state index is -4.94. The molecule has 2 rings (SSSR count). The second-order valence-electron chi connectivity index (χ2n) is 4.80. The molecule has 0 fully saturated rings. The second-order valence-corrected chi connectivity index (χ2v) is 5.56. The third-order valence-electron chi connectivity index (χ3n) is 2.71. The summed E-state index contributed by atoms with van der Waals surface area (Å²) in [4.78, 5) is 0. The average molecular weight is 336 g/mol. The van der Waals surface area contributed by atoms with Crippen LogP contribution < -0.4 is 18.6 Å². The van der Waals surface area contributed by atoms with E-state index in [-0.39, 0.29) is 0 Å². The van der Waals surface area contributed by atoms with Gasteiger partial charge in [-0.25, -0.2) is 23.2 Å². The first-order valence-corrected chi connectivity index (χ1v) is 7.95. The Kier molecular flexibility index (Phi) is 7.61. The molecule has 0 bridgehead atoms. The van der Waals surface area contributed by atoms with Gasteiger partial charge in [0.2, 0.25) is 0 Å². The molecule has 0 aliphatic heterocycles. The lowest BCUT2D eigenvalue weighted by Gasteiger charge is -2.17. The second kappa shape index (κ2) is 9.19. The molecule has 6 heteroatoms. The Morgan fingerprint density at radius 3 is 1.43 bits per heavy atom. The summed E-state index contributed by atoms with van der Waals surface area (Å²) < 4.78 is 36.0. The average Bonchev–Trinajstić information content (AvgIpc) is 2.48. The summed E-state index contributed by atoms with van der Waals surface area (Å²) in [5, 5.41) is 0. The largest absolute Gasteiger partial charge is 0.241 e. The van der Waals surface area contributed by atoms with E-state index >= 15 is 0 Å². The van der Waals surface area contributed by atoms with E-state index in [1.54, 1.807) is 0 Å². The van der Waals surface area contributed by atoms with Gasteiger partial charge in [-0.1, -0.05) is 60.7 Å². The van der Waals surface area contributed by atoms with E-state index in [0.29, 0.717) is 0 Å². The Morgan fingerprint density at radius 2 is 1.13 bits per heavy atom. The van der Waals surface area contributed by atoms with Crippen molar-refractivity contribution in [2.75, 3.05) is 14.1 Å². The molecule has 23 heavy (non-hydrogen) atoms. The Morgan fingerprint density at radius 1 is 0.783 bits per heavy atom. The van der Waals surface area contributed by atoms with Crippen molar-refractivity contribution in [3.8, 4) is 0 Å². The highest BCUT2D eigenvalue weighted by molar-refractivity contribution is 5.89. The van der Waals surface area contributed by atoms with Gasteiger partial charge >= 0.3 is 0 Å². The molecule has 0 unspecified atom stereocenters. The Bertz CT molecular complexity index is 598. The van der Waals surface area contributed by atoms with Crippen molar-refractivity contribution in [3.05, 3.63) is 77.9 Å². The molecule has 5 nitrogen and oxygen atoms in total. The highest BCUT2D eigenvalue weighted by Gasteiger charge is 2.03. The molecule has 0 saturated carbocycles. The number of rotatable bonds is 3. The molecule has 0 aromatic heterocycles. The zero-order valence-corrected chi connectivity index (χ0v) is 13.6. The van der Waals surface area contributed by atoms with Crippen molar-refractivity contribution in [1.82, 2.24) is 0 Å². The number of benzene rings is 2. The highest BCUT2D eigenvalue weighted by Crippen LogP contribution is 2.22. The van der Waals surface area contributed by atoms with Crippen molar-refractivity contribution in [1.29, 1.82) is 0 Å². The third-order valence-corrected chi connectivity index (χ3v) is 2.71. The van der Waals surface area contributed by atoms with Crippen LogP contribution in [0.4, 0.5) is 0 Å². The summed E-state index contributed by atoms with van der Waals surface area (Å²) in [6.45, 7) is 0. The van der Waals surface area contributed by atoms with Gasteiger partial charge in [-0.2, -0.15) is 0 Å². The van der Waals surface area contributed by atoms with Crippen LogP contribution in [0.3, 0.4) is 0 Å². The third kappa shape index (κ3) is 8.87. The molecular formula is C17H18ClNO4. The van der Waals surface area contributed by atoms with Crippen LogP contribution in [-0.2, 0) is 0 Å². The van der Waals surface area contributed by atoms with E-state index in [0.717, 1.165) is 0 Å². The number of halogens is 1. The monoisotopic (exact) mass is 335 g/mol. The van der Waals surface area contributed by atoms with Crippen LogP contribution in [-0.4, -0.2) is 24.9 Å². The Balaban J connectivity index is 0.000000463. The fraction of sp³-hybridized carbons (Fsp3) is 0.118. The van der Waals surface area contributed by atoms with Crippen LogP contribution >= 0.6 is 0 Å². The predicted octanol–water partition coefficient (Wildman–Crippen LogP) is -1.29. The molecule has 0 saturated heterocycles. The SMILES string of the molecule is C[N+](C)=CC=C(c1ccccc1)c1ccccc1.[O-][Cl+3]([O-])([O-])[O-]. The zero-order chi connectivity index (χ0) is 17.3. The molecule has 122 valence electrons. The van der Waals surface area contributed by atoms with Crippen LogP contribution in [0.25, 0.3) is 5.57 Å². The van der Waals surface area contributed by atoms with Gasteiger partial charge in [0.25, 0.3) is 0 Å². The van der Waals surface area contributed by atoms with Gasteiger partial charge in [0.15, 0.2) is 6.21 Å². The van der Waals surface area contributed by atoms with Crippen molar-refractivity contribution in [2.24, 2.45) is 0 Å². The van der Waals surface area contributed by atoms with Gasteiger partial charge in [0.1, 0.15) is 14.1 Å². The summed E-state index contributed by atoms with van der Waals surface area (Å²) in [6, 6.07) is 20.9. The van der Waals surface area contributed by atoms with Crippen LogP contribution in [0.5, 0.6) is 0 Å². The molecule has 0 heterocycles. The van der Waals surface area contributed by atoms with E-state index in [2.05, 4.69) is 60.8 Å². The highest BCUT2D eigenvalue weighted by atomic mass is 35.7.